The van der Waals surface area contributed by atoms with Crippen LogP contribution in [-0.2, 0) is 18.4 Å². The van der Waals surface area contributed by atoms with Crippen molar-refractivity contribution in [2.75, 3.05) is 27.1 Å². The third-order valence-corrected chi connectivity index (χ3v) is 8.10. The summed E-state index contributed by atoms with van der Waals surface area (Å²) in [7, 11) is 6.62. The van der Waals surface area contributed by atoms with Gasteiger partial charge in [-0.25, -0.2) is 5.01 Å². The van der Waals surface area contributed by atoms with Crippen LogP contribution in [0.5, 0.6) is 17.2 Å². The Bertz CT molecular complexity index is 1600. The van der Waals surface area contributed by atoms with Crippen LogP contribution in [0.25, 0.3) is 0 Å². The van der Waals surface area contributed by atoms with Gasteiger partial charge in [0.1, 0.15) is 17.2 Å². The van der Waals surface area contributed by atoms with Crippen LogP contribution in [0.15, 0.2) is 83.1 Å². The highest BCUT2D eigenvalue weighted by Crippen LogP contribution is 2.34. The van der Waals surface area contributed by atoms with Crippen LogP contribution in [-0.4, -0.2) is 64.4 Å². The minimum atomic E-state index is -0.265. The average molecular weight is 601 g/mol. The second-order valence-electron chi connectivity index (χ2n) is 9.66. The van der Waals surface area contributed by atoms with Crippen molar-refractivity contribution in [2.24, 2.45) is 12.1 Å². The highest BCUT2D eigenvalue weighted by Gasteiger charge is 2.33. The van der Waals surface area contributed by atoms with Crippen molar-refractivity contribution in [1.82, 2.24) is 25.1 Å². The van der Waals surface area contributed by atoms with Crippen LogP contribution in [0.2, 0.25) is 0 Å². The Kier molecular flexibility index (Phi) is 9.26. The number of rotatable bonds is 11. The zero-order chi connectivity index (χ0) is 30.3. The molecule has 0 radical (unpaired) electrons. The third kappa shape index (κ3) is 6.81. The van der Waals surface area contributed by atoms with E-state index in [0.29, 0.717) is 28.7 Å². The summed E-state index contributed by atoms with van der Waals surface area (Å²) in [4.78, 5) is 26.1. The van der Waals surface area contributed by atoms with Crippen molar-refractivity contribution < 1.29 is 23.8 Å². The fourth-order valence-electron chi connectivity index (χ4n) is 4.60. The molecule has 0 bridgehead atoms. The number of hydrogen-bond acceptors (Lipinski definition) is 9. The second-order valence-corrected chi connectivity index (χ2v) is 10.6. The number of carbonyl (C=O) groups is 2. The predicted octanol–water partition coefficient (Wildman–Crippen LogP) is 4.24. The van der Waals surface area contributed by atoms with Gasteiger partial charge in [-0.05, 0) is 71.8 Å². The summed E-state index contributed by atoms with van der Waals surface area (Å²) in [6.45, 7) is 0.185. The molecule has 0 saturated carbocycles. The molecule has 1 unspecified atom stereocenters. The number of methoxy groups -OCH3 is 3. The fraction of sp³-hybridized carbons (Fsp3) is 0.258. The Balaban J connectivity index is 1.26. The number of nitrogens with zero attached hydrogens (tertiary/aromatic N) is 5. The minimum Gasteiger partial charge on any atom is -0.497 e. The van der Waals surface area contributed by atoms with E-state index < -0.39 is 0 Å². The summed E-state index contributed by atoms with van der Waals surface area (Å²) in [6, 6.07) is 21.9. The molecule has 3 aromatic carbocycles. The maximum Gasteiger partial charge on any atom is 0.253 e. The molecule has 0 fully saturated rings. The number of aromatic nitrogens is 3. The summed E-state index contributed by atoms with van der Waals surface area (Å²) in [5.41, 5.74) is 3.21. The monoisotopic (exact) mass is 600 g/mol. The lowest BCUT2D eigenvalue weighted by molar-refractivity contribution is -0.130. The molecule has 12 heteroatoms. The van der Waals surface area contributed by atoms with Gasteiger partial charge < -0.3 is 24.1 Å². The Morgan fingerprint density at radius 3 is 2.05 bits per heavy atom. The van der Waals surface area contributed by atoms with Crippen LogP contribution in [0.1, 0.15) is 39.8 Å². The van der Waals surface area contributed by atoms with Crippen molar-refractivity contribution in [3.63, 3.8) is 0 Å². The Hall–Kier alpha value is -4.84. The van der Waals surface area contributed by atoms with Crippen molar-refractivity contribution in [2.45, 2.75) is 24.2 Å². The molecule has 43 heavy (non-hydrogen) atoms. The standard InChI is InChI=1S/C31H32N6O5S/c1-36-28(18-32-30(39)22-9-15-25(42-4)16-10-22)33-34-31(36)43-19-29(38)37-27(21-7-13-24(41-3)14-8-21)17-26(35-37)20-5-11-23(40-2)12-6-20/h5-16,27H,17-19H2,1-4H3,(H,32,39). The Morgan fingerprint density at radius 1 is 0.860 bits per heavy atom. The second kappa shape index (κ2) is 13.4. The van der Waals surface area contributed by atoms with E-state index in [2.05, 4.69) is 15.5 Å². The topological polar surface area (TPSA) is 120 Å². The zero-order valence-corrected chi connectivity index (χ0v) is 25.1. The molecule has 0 aliphatic carbocycles. The maximum atomic E-state index is 13.6. The van der Waals surface area contributed by atoms with Crippen LogP contribution in [0.4, 0.5) is 0 Å². The van der Waals surface area contributed by atoms with Crippen molar-refractivity contribution in [3.8, 4) is 17.2 Å². The van der Waals surface area contributed by atoms with Gasteiger partial charge in [-0.3, -0.25) is 9.59 Å². The summed E-state index contributed by atoms with van der Waals surface area (Å²) in [5.74, 6) is 2.44. The largest absolute Gasteiger partial charge is 0.497 e. The molecular formula is C31H32N6O5S. The third-order valence-electron chi connectivity index (χ3n) is 7.10. The van der Waals surface area contributed by atoms with Gasteiger partial charge in [-0.15, -0.1) is 10.2 Å². The average Bonchev–Trinajstić information content (AvgIpc) is 3.66. The summed E-state index contributed by atoms with van der Waals surface area (Å²) in [5, 5.41) is 18.2. The van der Waals surface area contributed by atoms with Gasteiger partial charge in [0.25, 0.3) is 11.8 Å². The number of carbonyl (C=O) groups excluding carboxylic acids is 2. The Morgan fingerprint density at radius 2 is 1.44 bits per heavy atom. The number of hydrazone groups is 1. The van der Waals surface area contributed by atoms with E-state index in [1.165, 1.54) is 11.8 Å². The molecule has 0 saturated heterocycles. The first-order valence-electron chi connectivity index (χ1n) is 13.5. The molecule has 1 N–H and O–H groups in total. The summed E-state index contributed by atoms with van der Waals surface area (Å²) in [6.07, 6.45) is 0.567. The molecule has 5 rings (SSSR count). The van der Waals surface area contributed by atoms with Crippen LogP contribution < -0.4 is 19.5 Å². The van der Waals surface area contributed by atoms with Crippen molar-refractivity contribution >= 4 is 29.3 Å². The molecule has 11 nitrogen and oxygen atoms in total. The number of benzene rings is 3. The van der Waals surface area contributed by atoms with Gasteiger partial charge in [-0.2, -0.15) is 5.10 Å². The first-order valence-corrected chi connectivity index (χ1v) is 14.5. The first kappa shape index (κ1) is 29.6. The number of thioether (sulfide) groups is 1. The van der Waals surface area contributed by atoms with E-state index in [9.17, 15) is 9.59 Å². The van der Waals surface area contributed by atoms with E-state index in [1.807, 2.05) is 48.5 Å². The number of amides is 2. The smallest absolute Gasteiger partial charge is 0.253 e. The van der Waals surface area contributed by atoms with Crippen molar-refractivity contribution in [3.05, 3.63) is 95.3 Å². The quantitative estimate of drug-likeness (QED) is 0.254. The van der Waals surface area contributed by atoms with E-state index in [4.69, 9.17) is 19.3 Å². The summed E-state index contributed by atoms with van der Waals surface area (Å²) >= 11 is 1.27. The van der Waals surface area contributed by atoms with E-state index in [1.54, 1.807) is 62.2 Å². The van der Waals surface area contributed by atoms with E-state index in [0.717, 1.165) is 28.3 Å². The SMILES string of the molecule is COc1ccc(C(=O)NCc2nnc(SCC(=O)N3N=C(c4ccc(OC)cc4)CC3c3ccc(OC)cc3)n2C)cc1. The molecular weight excluding hydrogens is 568 g/mol. The fourth-order valence-corrected chi connectivity index (χ4v) is 5.39. The van der Waals surface area contributed by atoms with Gasteiger partial charge in [0.05, 0.1) is 45.4 Å². The molecule has 222 valence electrons. The lowest BCUT2D eigenvalue weighted by Gasteiger charge is -2.22. The van der Waals surface area contributed by atoms with E-state index in [-0.39, 0.29) is 30.2 Å². The highest BCUT2D eigenvalue weighted by atomic mass is 32.2. The predicted molar refractivity (Wildman–Crippen MR) is 163 cm³/mol. The molecule has 4 aromatic rings. The normalized spacial score (nSPS) is 14.3. The van der Waals surface area contributed by atoms with Gasteiger partial charge in [0, 0.05) is 19.0 Å². The molecule has 2 heterocycles. The molecule has 1 aliphatic heterocycles. The molecule has 2 amide bonds. The molecule has 1 aromatic heterocycles. The molecule has 1 aliphatic rings. The Labute approximate surface area is 253 Å². The van der Waals surface area contributed by atoms with Crippen LogP contribution in [0.3, 0.4) is 0 Å². The van der Waals surface area contributed by atoms with Gasteiger partial charge in [-0.1, -0.05) is 23.9 Å². The van der Waals surface area contributed by atoms with Gasteiger partial charge in [0.15, 0.2) is 11.0 Å². The number of hydrogen-bond donors (Lipinski definition) is 1. The first-order chi connectivity index (χ1) is 20.9. The zero-order valence-electron chi connectivity index (χ0n) is 24.3. The van der Waals surface area contributed by atoms with Gasteiger partial charge in [0.2, 0.25) is 0 Å². The maximum absolute atomic E-state index is 13.6. The number of ether oxygens (including phenoxy) is 3. The van der Waals surface area contributed by atoms with Crippen LogP contribution >= 0.6 is 11.8 Å². The van der Waals surface area contributed by atoms with Crippen molar-refractivity contribution in [1.29, 1.82) is 0 Å². The molecule has 0 spiro atoms. The number of nitrogens with one attached hydrogen (secondary N) is 1. The lowest BCUT2D eigenvalue weighted by Crippen LogP contribution is -2.28. The summed E-state index contributed by atoms with van der Waals surface area (Å²) < 4.78 is 17.5. The van der Waals surface area contributed by atoms with E-state index >= 15 is 0 Å². The minimum absolute atomic E-state index is 0.107. The highest BCUT2D eigenvalue weighted by molar-refractivity contribution is 7.99. The lowest BCUT2D eigenvalue weighted by atomic mass is 9.98. The molecule has 1 atom stereocenters. The van der Waals surface area contributed by atoms with Crippen LogP contribution in [0, 0.1) is 0 Å². The van der Waals surface area contributed by atoms with Gasteiger partial charge >= 0.3 is 0 Å².